The van der Waals surface area contributed by atoms with Gasteiger partial charge in [-0.1, -0.05) is 6.07 Å². The molecule has 1 aliphatic rings. The van der Waals surface area contributed by atoms with E-state index < -0.39 is 18.0 Å². The standard InChI is InChI=1S/C12H16FNO2.ClH/c1-16-9-4-2-3-8(13)10(9)11(14)12(15)7-5-6-7;/h2-4,7,11-12,15H,5-6,14H2,1H3;1H/t11-,12+;/m1./s1. The van der Waals surface area contributed by atoms with Crippen LogP contribution in [-0.2, 0) is 0 Å². The molecule has 2 atom stereocenters. The van der Waals surface area contributed by atoms with Gasteiger partial charge in [0.2, 0.25) is 0 Å². The molecule has 0 aromatic heterocycles. The Hall–Kier alpha value is -0.840. The minimum atomic E-state index is -0.719. The first-order chi connectivity index (χ1) is 7.65. The Labute approximate surface area is 106 Å². The van der Waals surface area contributed by atoms with Crippen molar-refractivity contribution >= 4 is 12.4 Å². The molecule has 0 bridgehead atoms. The SMILES string of the molecule is COc1cccc(F)c1[C@@H](N)[C@@H](O)C1CC1.Cl. The summed E-state index contributed by atoms with van der Waals surface area (Å²) in [6.45, 7) is 0. The summed E-state index contributed by atoms with van der Waals surface area (Å²) in [5, 5.41) is 9.91. The van der Waals surface area contributed by atoms with E-state index in [1.807, 2.05) is 0 Å². The van der Waals surface area contributed by atoms with Crippen molar-refractivity contribution in [2.45, 2.75) is 25.0 Å². The van der Waals surface area contributed by atoms with Crippen molar-refractivity contribution in [3.05, 3.63) is 29.6 Å². The van der Waals surface area contributed by atoms with Gasteiger partial charge in [0.25, 0.3) is 0 Å². The number of ether oxygens (including phenoxy) is 1. The number of aliphatic hydroxyl groups is 1. The number of hydrogen-bond donors (Lipinski definition) is 2. The van der Waals surface area contributed by atoms with Crippen molar-refractivity contribution in [3.8, 4) is 5.75 Å². The van der Waals surface area contributed by atoms with E-state index in [1.54, 1.807) is 12.1 Å². The van der Waals surface area contributed by atoms with Crippen molar-refractivity contribution in [3.63, 3.8) is 0 Å². The predicted octanol–water partition coefficient (Wildman–Crippen LogP) is 2.03. The average molecular weight is 262 g/mol. The molecule has 17 heavy (non-hydrogen) atoms. The van der Waals surface area contributed by atoms with E-state index in [1.165, 1.54) is 13.2 Å². The molecule has 0 saturated heterocycles. The minimum absolute atomic E-state index is 0. The molecule has 1 aromatic carbocycles. The van der Waals surface area contributed by atoms with Crippen molar-refractivity contribution in [2.75, 3.05) is 7.11 Å². The molecular formula is C12H17ClFNO2. The van der Waals surface area contributed by atoms with Crippen LogP contribution >= 0.6 is 12.4 Å². The zero-order valence-corrected chi connectivity index (χ0v) is 10.4. The van der Waals surface area contributed by atoms with Crippen LogP contribution in [0, 0.1) is 11.7 Å². The summed E-state index contributed by atoms with van der Waals surface area (Å²) in [5.41, 5.74) is 6.15. The first-order valence-corrected chi connectivity index (χ1v) is 5.41. The molecule has 1 fully saturated rings. The highest BCUT2D eigenvalue weighted by molar-refractivity contribution is 5.85. The summed E-state index contributed by atoms with van der Waals surface area (Å²) in [4.78, 5) is 0. The Bertz CT molecular complexity index is 385. The molecule has 0 spiro atoms. The highest BCUT2D eigenvalue weighted by Gasteiger charge is 2.36. The van der Waals surface area contributed by atoms with Crippen LogP contribution in [0.2, 0.25) is 0 Å². The number of hydrogen-bond acceptors (Lipinski definition) is 3. The molecule has 96 valence electrons. The van der Waals surface area contributed by atoms with Crippen LogP contribution < -0.4 is 10.5 Å². The lowest BCUT2D eigenvalue weighted by atomic mass is 9.97. The van der Waals surface area contributed by atoms with Crippen molar-refractivity contribution < 1.29 is 14.2 Å². The van der Waals surface area contributed by atoms with Gasteiger partial charge < -0.3 is 15.6 Å². The number of halogens is 2. The van der Waals surface area contributed by atoms with Crippen LogP contribution in [-0.4, -0.2) is 18.3 Å². The Morgan fingerprint density at radius 1 is 1.47 bits per heavy atom. The topological polar surface area (TPSA) is 55.5 Å². The second-order valence-electron chi connectivity index (χ2n) is 4.21. The highest BCUT2D eigenvalue weighted by Crippen LogP contribution is 2.39. The fraction of sp³-hybridized carbons (Fsp3) is 0.500. The quantitative estimate of drug-likeness (QED) is 0.872. The molecule has 0 heterocycles. The number of rotatable bonds is 4. The zero-order chi connectivity index (χ0) is 11.7. The van der Waals surface area contributed by atoms with E-state index in [4.69, 9.17) is 10.5 Å². The molecule has 3 nitrogen and oxygen atoms in total. The monoisotopic (exact) mass is 261 g/mol. The smallest absolute Gasteiger partial charge is 0.131 e. The number of methoxy groups -OCH3 is 1. The predicted molar refractivity (Wildman–Crippen MR) is 65.9 cm³/mol. The Morgan fingerprint density at radius 2 is 2.12 bits per heavy atom. The van der Waals surface area contributed by atoms with E-state index in [9.17, 15) is 9.50 Å². The van der Waals surface area contributed by atoms with E-state index >= 15 is 0 Å². The van der Waals surface area contributed by atoms with Crippen LogP contribution in [0.5, 0.6) is 5.75 Å². The average Bonchev–Trinajstić information content (AvgIpc) is 3.10. The minimum Gasteiger partial charge on any atom is -0.496 e. The van der Waals surface area contributed by atoms with Gasteiger partial charge in [0.1, 0.15) is 11.6 Å². The van der Waals surface area contributed by atoms with Crippen LogP contribution in [0.25, 0.3) is 0 Å². The second-order valence-corrected chi connectivity index (χ2v) is 4.21. The molecule has 1 aliphatic carbocycles. The number of benzene rings is 1. The van der Waals surface area contributed by atoms with Crippen LogP contribution in [0.15, 0.2) is 18.2 Å². The fourth-order valence-electron chi connectivity index (χ4n) is 1.92. The van der Waals surface area contributed by atoms with Gasteiger partial charge in [0.05, 0.1) is 19.3 Å². The summed E-state index contributed by atoms with van der Waals surface area (Å²) in [6, 6.07) is 3.83. The largest absolute Gasteiger partial charge is 0.496 e. The molecule has 0 aliphatic heterocycles. The zero-order valence-electron chi connectivity index (χ0n) is 9.60. The molecule has 3 N–H and O–H groups in total. The molecule has 0 radical (unpaired) electrons. The maximum absolute atomic E-state index is 13.7. The van der Waals surface area contributed by atoms with Gasteiger partial charge in [-0.2, -0.15) is 0 Å². The van der Waals surface area contributed by atoms with Gasteiger partial charge in [0.15, 0.2) is 0 Å². The second kappa shape index (κ2) is 5.67. The van der Waals surface area contributed by atoms with Crippen LogP contribution in [0.3, 0.4) is 0 Å². The number of nitrogens with two attached hydrogens (primary N) is 1. The van der Waals surface area contributed by atoms with Crippen molar-refractivity contribution in [1.29, 1.82) is 0 Å². The Balaban J connectivity index is 0.00000144. The fourth-order valence-corrected chi connectivity index (χ4v) is 1.92. The van der Waals surface area contributed by atoms with Crippen LogP contribution in [0.4, 0.5) is 4.39 Å². The Kier molecular flexibility index (Phi) is 4.74. The summed E-state index contributed by atoms with van der Waals surface area (Å²) < 4.78 is 18.7. The lowest BCUT2D eigenvalue weighted by Crippen LogP contribution is -2.29. The normalized spacial score (nSPS) is 18.1. The maximum Gasteiger partial charge on any atom is 0.131 e. The molecule has 1 aromatic rings. The molecule has 5 heteroatoms. The summed E-state index contributed by atoms with van der Waals surface area (Å²) >= 11 is 0. The maximum atomic E-state index is 13.7. The van der Waals surface area contributed by atoms with E-state index in [0.717, 1.165) is 12.8 Å². The third-order valence-corrected chi connectivity index (χ3v) is 3.04. The first-order valence-electron chi connectivity index (χ1n) is 5.41. The van der Waals surface area contributed by atoms with Gasteiger partial charge in [-0.15, -0.1) is 12.4 Å². The summed E-state index contributed by atoms with van der Waals surface area (Å²) in [5.74, 6) is 0.179. The van der Waals surface area contributed by atoms with Gasteiger partial charge in [-0.05, 0) is 30.9 Å². The van der Waals surface area contributed by atoms with Gasteiger partial charge in [-0.3, -0.25) is 0 Å². The highest BCUT2D eigenvalue weighted by atomic mass is 35.5. The van der Waals surface area contributed by atoms with E-state index in [2.05, 4.69) is 0 Å². The summed E-state index contributed by atoms with van der Waals surface area (Å²) in [7, 11) is 1.47. The lowest BCUT2D eigenvalue weighted by Gasteiger charge is -2.21. The number of aliphatic hydroxyl groups excluding tert-OH is 1. The van der Waals surface area contributed by atoms with E-state index in [0.29, 0.717) is 5.75 Å². The molecule has 0 amide bonds. The molecule has 1 saturated carbocycles. The van der Waals surface area contributed by atoms with Gasteiger partial charge in [0, 0.05) is 5.56 Å². The Morgan fingerprint density at radius 3 is 2.65 bits per heavy atom. The lowest BCUT2D eigenvalue weighted by molar-refractivity contribution is 0.119. The molecule has 2 rings (SSSR count). The van der Waals surface area contributed by atoms with Crippen molar-refractivity contribution in [1.82, 2.24) is 0 Å². The van der Waals surface area contributed by atoms with Crippen molar-refractivity contribution in [2.24, 2.45) is 11.7 Å². The van der Waals surface area contributed by atoms with Gasteiger partial charge in [-0.25, -0.2) is 4.39 Å². The molecule has 0 unspecified atom stereocenters. The first kappa shape index (κ1) is 14.2. The third kappa shape index (κ3) is 2.89. The van der Waals surface area contributed by atoms with Crippen LogP contribution in [0.1, 0.15) is 24.4 Å². The van der Waals surface area contributed by atoms with Gasteiger partial charge >= 0.3 is 0 Å². The summed E-state index contributed by atoms with van der Waals surface area (Å²) in [6.07, 6.45) is 1.24. The van der Waals surface area contributed by atoms with E-state index in [-0.39, 0.29) is 23.9 Å². The molecular weight excluding hydrogens is 245 g/mol. The third-order valence-electron chi connectivity index (χ3n) is 3.04.